The van der Waals surface area contributed by atoms with Gasteiger partial charge < -0.3 is 4.74 Å². The van der Waals surface area contributed by atoms with Crippen molar-refractivity contribution in [2.45, 2.75) is 104 Å². The third-order valence-electron chi connectivity index (χ3n) is 4.36. The molecule has 2 nitrogen and oxygen atoms in total. The van der Waals surface area contributed by atoms with Crippen LogP contribution in [0.25, 0.3) is 0 Å². The number of rotatable bonds is 12. The highest BCUT2D eigenvalue weighted by atomic mass is 16.6. The summed E-state index contributed by atoms with van der Waals surface area (Å²) in [5.74, 6) is 0.677. The minimum Gasteiger partial charge on any atom is -0.459 e. The molecular weight excluding hydrogens is 248 g/mol. The van der Waals surface area contributed by atoms with Gasteiger partial charge in [0.05, 0.1) is 0 Å². The van der Waals surface area contributed by atoms with Gasteiger partial charge in [-0.25, -0.2) is 0 Å². The summed E-state index contributed by atoms with van der Waals surface area (Å²) in [7, 11) is 0. The molecule has 0 aliphatic rings. The average Bonchev–Trinajstić information content (AvgIpc) is 2.43. The monoisotopic (exact) mass is 284 g/mol. The number of carbonyl (C=O) groups excluding carboxylic acids is 1. The van der Waals surface area contributed by atoms with E-state index in [0.29, 0.717) is 12.3 Å². The summed E-state index contributed by atoms with van der Waals surface area (Å²) >= 11 is 0. The van der Waals surface area contributed by atoms with Gasteiger partial charge in [-0.15, -0.1) is 0 Å². The standard InChI is InChI=1S/C18H36O2/c1-6-10-12-14-17(19)20-18(5,9-4)15-16(8-3)13-11-7-2/h16H,6-15H2,1-5H3. The van der Waals surface area contributed by atoms with Crippen molar-refractivity contribution in [2.75, 3.05) is 0 Å². The van der Waals surface area contributed by atoms with E-state index in [4.69, 9.17) is 4.74 Å². The Labute approximate surface area is 126 Å². The molecular formula is C18H36O2. The van der Waals surface area contributed by atoms with Crippen molar-refractivity contribution in [3.05, 3.63) is 0 Å². The van der Waals surface area contributed by atoms with Crippen molar-refractivity contribution in [1.29, 1.82) is 0 Å². The second kappa shape index (κ2) is 11.2. The zero-order valence-corrected chi connectivity index (χ0v) is 14.5. The van der Waals surface area contributed by atoms with Gasteiger partial charge in [0.1, 0.15) is 5.60 Å². The molecule has 0 N–H and O–H groups in total. The number of hydrogen-bond donors (Lipinski definition) is 0. The number of ether oxygens (including phenoxy) is 1. The lowest BCUT2D eigenvalue weighted by molar-refractivity contribution is -0.160. The fourth-order valence-electron chi connectivity index (χ4n) is 2.66. The zero-order chi connectivity index (χ0) is 15.4. The topological polar surface area (TPSA) is 26.3 Å². The maximum absolute atomic E-state index is 12.0. The first-order chi connectivity index (χ1) is 9.51. The van der Waals surface area contributed by atoms with Crippen molar-refractivity contribution in [3.8, 4) is 0 Å². The van der Waals surface area contributed by atoms with Gasteiger partial charge in [0.25, 0.3) is 0 Å². The SMILES string of the molecule is CCCCCC(=O)OC(C)(CC)CC(CC)CCCC. The molecule has 120 valence electrons. The van der Waals surface area contributed by atoms with Gasteiger partial charge in [0.15, 0.2) is 0 Å². The van der Waals surface area contributed by atoms with Crippen LogP contribution in [-0.2, 0) is 9.53 Å². The van der Waals surface area contributed by atoms with Gasteiger partial charge in [-0.1, -0.05) is 66.2 Å². The fraction of sp³-hybridized carbons (Fsp3) is 0.944. The van der Waals surface area contributed by atoms with Gasteiger partial charge in [0.2, 0.25) is 0 Å². The Balaban J connectivity index is 4.31. The van der Waals surface area contributed by atoms with E-state index in [1.165, 1.54) is 25.7 Å². The number of unbranched alkanes of at least 4 members (excludes halogenated alkanes) is 3. The molecule has 2 atom stereocenters. The zero-order valence-electron chi connectivity index (χ0n) is 14.5. The van der Waals surface area contributed by atoms with Crippen LogP contribution in [0.4, 0.5) is 0 Å². The van der Waals surface area contributed by atoms with Crippen LogP contribution in [0.5, 0.6) is 0 Å². The Bertz CT molecular complexity index is 250. The van der Waals surface area contributed by atoms with E-state index in [1.807, 2.05) is 0 Å². The fourth-order valence-corrected chi connectivity index (χ4v) is 2.66. The lowest BCUT2D eigenvalue weighted by Crippen LogP contribution is -2.33. The van der Waals surface area contributed by atoms with Crippen molar-refractivity contribution in [3.63, 3.8) is 0 Å². The van der Waals surface area contributed by atoms with E-state index < -0.39 is 0 Å². The number of hydrogen-bond acceptors (Lipinski definition) is 2. The molecule has 2 heteroatoms. The molecule has 0 radical (unpaired) electrons. The smallest absolute Gasteiger partial charge is 0.306 e. The van der Waals surface area contributed by atoms with Crippen LogP contribution in [0, 0.1) is 5.92 Å². The molecule has 0 rings (SSSR count). The Hall–Kier alpha value is -0.530. The van der Waals surface area contributed by atoms with E-state index in [9.17, 15) is 4.79 Å². The molecule has 0 spiro atoms. The first-order valence-corrected chi connectivity index (χ1v) is 8.73. The number of carbonyl (C=O) groups is 1. The summed E-state index contributed by atoms with van der Waals surface area (Å²) in [5, 5.41) is 0. The van der Waals surface area contributed by atoms with Crippen LogP contribution >= 0.6 is 0 Å². The Morgan fingerprint density at radius 2 is 1.70 bits per heavy atom. The van der Waals surface area contributed by atoms with Gasteiger partial charge in [-0.2, -0.15) is 0 Å². The summed E-state index contributed by atoms with van der Waals surface area (Å²) in [6, 6.07) is 0. The molecule has 0 aromatic rings. The van der Waals surface area contributed by atoms with E-state index >= 15 is 0 Å². The van der Waals surface area contributed by atoms with Crippen molar-refractivity contribution in [1.82, 2.24) is 0 Å². The summed E-state index contributed by atoms with van der Waals surface area (Å²) in [6.45, 7) is 10.9. The Morgan fingerprint density at radius 1 is 1.05 bits per heavy atom. The normalized spacial score (nSPS) is 15.7. The molecule has 0 saturated heterocycles. The Kier molecular flexibility index (Phi) is 10.9. The summed E-state index contributed by atoms with van der Waals surface area (Å²) < 4.78 is 5.81. The summed E-state index contributed by atoms with van der Waals surface area (Å²) in [4.78, 5) is 12.0. The van der Waals surface area contributed by atoms with Crippen LogP contribution in [-0.4, -0.2) is 11.6 Å². The first-order valence-electron chi connectivity index (χ1n) is 8.73. The van der Waals surface area contributed by atoms with E-state index in [-0.39, 0.29) is 11.6 Å². The first kappa shape index (κ1) is 19.5. The third kappa shape index (κ3) is 8.60. The quantitative estimate of drug-likeness (QED) is 0.330. The van der Waals surface area contributed by atoms with Crippen LogP contribution in [0.2, 0.25) is 0 Å². The lowest BCUT2D eigenvalue weighted by Gasteiger charge is -2.32. The van der Waals surface area contributed by atoms with E-state index in [2.05, 4.69) is 34.6 Å². The highest BCUT2D eigenvalue weighted by Gasteiger charge is 2.29. The molecule has 0 amide bonds. The van der Waals surface area contributed by atoms with Crippen molar-refractivity contribution < 1.29 is 9.53 Å². The average molecular weight is 284 g/mol. The number of esters is 1. The summed E-state index contributed by atoms with van der Waals surface area (Å²) in [6.07, 6.45) is 10.7. The van der Waals surface area contributed by atoms with Gasteiger partial charge >= 0.3 is 5.97 Å². The molecule has 0 aliphatic carbocycles. The van der Waals surface area contributed by atoms with Crippen molar-refractivity contribution >= 4 is 5.97 Å². The molecule has 2 unspecified atom stereocenters. The second-order valence-electron chi connectivity index (χ2n) is 6.36. The van der Waals surface area contributed by atoms with E-state index in [0.717, 1.165) is 32.1 Å². The third-order valence-corrected chi connectivity index (χ3v) is 4.36. The predicted octanol–water partition coefficient (Wildman–Crippen LogP) is 5.89. The largest absolute Gasteiger partial charge is 0.459 e. The lowest BCUT2D eigenvalue weighted by atomic mass is 9.85. The minimum atomic E-state index is -0.266. The van der Waals surface area contributed by atoms with Gasteiger partial charge in [-0.05, 0) is 32.1 Å². The molecule has 0 aromatic heterocycles. The molecule has 0 saturated carbocycles. The minimum absolute atomic E-state index is 0.00635. The maximum atomic E-state index is 12.0. The molecule has 0 heterocycles. The van der Waals surface area contributed by atoms with Crippen LogP contribution in [0.1, 0.15) is 98.8 Å². The van der Waals surface area contributed by atoms with Gasteiger partial charge in [0, 0.05) is 6.42 Å². The molecule has 0 aromatic carbocycles. The van der Waals surface area contributed by atoms with Gasteiger partial charge in [-0.3, -0.25) is 4.79 Å². The van der Waals surface area contributed by atoms with Crippen LogP contribution < -0.4 is 0 Å². The van der Waals surface area contributed by atoms with Crippen LogP contribution in [0.15, 0.2) is 0 Å². The summed E-state index contributed by atoms with van der Waals surface area (Å²) in [5.41, 5.74) is -0.266. The van der Waals surface area contributed by atoms with E-state index in [1.54, 1.807) is 0 Å². The molecule has 20 heavy (non-hydrogen) atoms. The highest BCUT2D eigenvalue weighted by Crippen LogP contribution is 2.30. The van der Waals surface area contributed by atoms with Crippen molar-refractivity contribution in [2.24, 2.45) is 5.92 Å². The predicted molar refractivity (Wildman–Crippen MR) is 86.9 cm³/mol. The Morgan fingerprint density at radius 3 is 2.20 bits per heavy atom. The maximum Gasteiger partial charge on any atom is 0.306 e. The highest BCUT2D eigenvalue weighted by molar-refractivity contribution is 5.69. The molecule has 0 bridgehead atoms. The molecule has 0 fully saturated rings. The van der Waals surface area contributed by atoms with Crippen LogP contribution in [0.3, 0.4) is 0 Å². The second-order valence-corrected chi connectivity index (χ2v) is 6.36. The molecule has 0 aliphatic heterocycles.